The lowest BCUT2D eigenvalue weighted by Gasteiger charge is -2.10. The van der Waals surface area contributed by atoms with E-state index < -0.39 is 10.0 Å². The Kier molecular flexibility index (Phi) is 4.61. The average Bonchev–Trinajstić information content (AvgIpc) is 2.77. The summed E-state index contributed by atoms with van der Waals surface area (Å²) in [6, 6.07) is 1.43. The molecule has 2 heterocycles. The molecule has 0 atom stereocenters. The molecule has 0 aliphatic rings. The van der Waals surface area contributed by atoms with Crippen molar-refractivity contribution in [1.29, 1.82) is 0 Å². The zero-order valence-corrected chi connectivity index (χ0v) is 13.9. The second-order valence-electron chi connectivity index (χ2n) is 4.35. The van der Waals surface area contributed by atoms with Crippen molar-refractivity contribution in [2.75, 3.05) is 5.43 Å². The molecule has 2 aromatic rings. The Morgan fingerprint density at radius 3 is 2.71 bits per heavy atom. The number of pyridine rings is 1. The van der Waals surface area contributed by atoms with Gasteiger partial charge in [0.2, 0.25) is 10.0 Å². The molecule has 0 spiro atoms. The van der Waals surface area contributed by atoms with Gasteiger partial charge in [0.15, 0.2) is 5.82 Å². The van der Waals surface area contributed by atoms with Gasteiger partial charge in [-0.1, -0.05) is 0 Å². The third-order valence-corrected chi connectivity index (χ3v) is 4.88. The molecule has 0 amide bonds. The number of hydrogen-bond donors (Lipinski definition) is 3. The van der Waals surface area contributed by atoms with Crippen molar-refractivity contribution in [3.63, 3.8) is 0 Å². The van der Waals surface area contributed by atoms with Crippen LogP contribution in [0.5, 0.6) is 0 Å². The summed E-state index contributed by atoms with van der Waals surface area (Å²) in [5.74, 6) is 5.38. The Morgan fingerprint density at radius 2 is 2.14 bits per heavy atom. The van der Waals surface area contributed by atoms with Crippen LogP contribution in [0.15, 0.2) is 27.8 Å². The second kappa shape index (κ2) is 6.10. The number of hydrogen-bond acceptors (Lipinski definition) is 6. The van der Waals surface area contributed by atoms with Gasteiger partial charge in [-0.3, -0.25) is 4.68 Å². The van der Waals surface area contributed by atoms with E-state index in [1.807, 2.05) is 6.92 Å². The monoisotopic (exact) mass is 374 g/mol. The van der Waals surface area contributed by atoms with Crippen molar-refractivity contribution in [1.82, 2.24) is 19.5 Å². The lowest BCUT2D eigenvalue weighted by atomic mass is 10.3. The fraction of sp³-hybridized carbons (Fsp3) is 0.273. The van der Waals surface area contributed by atoms with Crippen LogP contribution in [0.4, 0.5) is 5.82 Å². The first-order chi connectivity index (χ1) is 9.85. The Labute approximate surface area is 130 Å². The quantitative estimate of drug-likeness (QED) is 0.522. The zero-order chi connectivity index (χ0) is 15.6. The number of nitrogens with zero attached hydrogens (tertiary/aromatic N) is 3. The molecule has 114 valence electrons. The highest BCUT2D eigenvalue weighted by Crippen LogP contribution is 2.22. The van der Waals surface area contributed by atoms with Crippen LogP contribution < -0.4 is 16.0 Å². The fourth-order valence-electron chi connectivity index (χ4n) is 1.70. The normalized spacial score (nSPS) is 11.6. The maximum atomic E-state index is 12.4. The topological polar surface area (TPSA) is 115 Å². The summed E-state index contributed by atoms with van der Waals surface area (Å²) in [5.41, 5.74) is 3.96. The molecule has 0 aromatic carbocycles. The van der Waals surface area contributed by atoms with Gasteiger partial charge < -0.3 is 5.43 Å². The molecule has 0 fully saturated rings. The van der Waals surface area contributed by atoms with Crippen molar-refractivity contribution in [3.05, 3.63) is 34.2 Å². The van der Waals surface area contributed by atoms with Crippen LogP contribution >= 0.6 is 15.9 Å². The van der Waals surface area contributed by atoms with Crippen LogP contribution in [-0.2, 0) is 23.6 Å². The van der Waals surface area contributed by atoms with E-state index in [1.165, 1.54) is 12.3 Å². The van der Waals surface area contributed by atoms with E-state index in [4.69, 9.17) is 5.84 Å². The van der Waals surface area contributed by atoms with E-state index in [1.54, 1.807) is 17.9 Å². The average molecular weight is 375 g/mol. The lowest BCUT2D eigenvalue weighted by molar-refractivity contribution is 0.581. The van der Waals surface area contributed by atoms with E-state index >= 15 is 0 Å². The Balaban J connectivity index is 2.27. The highest BCUT2D eigenvalue weighted by atomic mass is 79.9. The van der Waals surface area contributed by atoms with E-state index in [0.717, 1.165) is 11.3 Å². The number of sulfonamides is 1. The zero-order valence-electron chi connectivity index (χ0n) is 11.5. The molecule has 0 saturated heterocycles. The molecular formula is C11H15BrN6O2S. The van der Waals surface area contributed by atoms with Crippen LogP contribution in [0.3, 0.4) is 0 Å². The Morgan fingerprint density at radius 1 is 1.43 bits per heavy atom. The molecule has 2 rings (SSSR count). The third-order valence-electron chi connectivity index (χ3n) is 3.04. The number of aryl methyl sites for hydroxylation is 1. The molecule has 4 N–H and O–H groups in total. The standard InChI is InChI=1S/C11H15BrN6O2S/c1-7-8(4-15-18(7)2)5-16-21(19,20)10-3-9(12)6-14-11(10)17-13/h3-4,6,16H,5,13H2,1-2H3,(H,14,17). The summed E-state index contributed by atoms with van der Waals surface area (Å²) < 4.78 is 29.5. The van der Waals surface area contributed by atoms with Crippen LogP contribution in [0.25, 0.3) is 0 Å². The van der Waals surface area contributed by atoms with Gasteiger partial charge in [-0.15, -0.1) is 0 Å². The molecule has 2 aromatic heterocycles. The molecule has 0 aliphatic heterocycles. The molecule has 0 aliphatic carbocycles. The van der Waals surface area contributed by atoms with Gasteiger partial charge in [-0.2, -0.15) is 5.10 Å². The van der Waals surface area contributed by atoms with E-state index in [2.05, 4.69) is 36.2 Å². The predicted octanol–water partition coefficient (Wildman–Crippen LogP) is 0.650. The molecule has 8 nitrogen and oxygen atoms in total. The number of halogens is 1. The van der Waals surface area contributed by atoms with Gasteiger partial charge in [-0.05, 0) is 28.9 Å². The number of aromatic nitrogens is 3. The number of nitrogens with two attached hydrogens (primary N) is 1. The number of rotatable bonds is 5. The fourth-order valence-corrected chi connectivity index (χ4v) is 3.33. The number of anilines is 1. The number of nitrogens with one attached hydrogen (secondary N) is 2. The lowest BCUT2D eigenvalue weighted by Crippen LogP contribution is -2.25. The van der Waals surface area contributed by atoms with Crippen LogP contribution in [0, 0.1) is 6.92 Å². The first-order valence-corrected chi connectivity index (χ1v) is 8.22. The molecule has 10 heteroatoms. The summed E-state index contributed by atoms with van der Waals surface area (Å²) in [6.07, 6.45) is 3.08. The molecule has 0 saturated carbocycles. The molecule has 0 bridgehead atoms. The van der Waals surface area contributed by atoms with Gasteiger partial charge in [0.05, 0.1) is 6.20 Å². The first kappa shape index (κ1) is 15.9. The summed E-state index contributed by atoms with van der Waals surface area (Å²) in [4.78, 5) is 3.89. The van der Waals surface area contributed by atoms with Gasteiger partial charge in [-0.25, -0.2) is 24.0 Å². The van der Waals surface area contributed by atoms with Crippen molar-refractivity contribution in [2.45, 2.75) is 18.4 Å². The Bertz CT molecular complexity index is 758. The van der Waals surface area contributed by atoms with Gasteiger partial charge >= 0.3 is 0 Å². The smallest absolute Gasteiger partial charge is 0.244 e. The summed E-state index contributed by atoms with van der Waals surface area (Å²) in [7, 11) is -1.96. The predicted molar refractivity (Wildman–Crippen MR) is 81.7 cm³/mol. The van der Waals surface area contributed by atoms with Crippen LogP contribution in [0.2, 0.25) is 0 Å². The van der Waals surface area contributed by atoms with Crippen molar-refractivity contribution in [3.8, 4) is 0 Å². The molecular weight excluding hydrogens is 360 g/mol. The van der Waals surface area contributed by atoms with Crippen LogP contribution in [0.1, 0.15) is 11.3 Å². The number of nitrogen functional groups attached to an aromatic ring is 1. The molecule has 0 unspecified atom stereocenters. The van der Waals surface area contributed by atoms with Crippen molar-refractivity contribution in [2.24, 2.45) is 12.9 Å². The van der Waals surface area contributed by atoms with E-state index in [-0.39, 0.29) is 17.3 Å². The highest BCUT2D eigenvalue weighted by molar-refractivity contribution is 9.10. The maximum Gasteiger partial charge on any atom is 0.244 e. The minimum atomic E-state index is -3.75. The largest absolute Gasteiger partial charge is 0.307 e. The van der Waals surface area contributed by atoms with Crippen molar-refractivity contribution < 1.29 is 8.42 Å². The molecule has 0 radical (unpaired) electrons. The minimum Gasteiger partial charge on any atom is -0.307 e. The SMILES string of the molecule is Cc1c(CNS(=O)(=O)c2cc(Br)cnc2NN)cnn1C. The van der Waals surface area contributed by atoms with Gasteiger partial charge in [0.1, 0.15) is 4.90 Å². The van der Waals surface area contributed by atoms with E-state index in [0.29, 0.717) is 4.47 Å². The third kappa shape index (κ3) is 3.40. The minimum absolute atomic E-state index is 0.0269. The van der Waals surface area contributed by atoms with Crippen molar-refractivity contribution >= 4 is 31.8 Å². The highest BCUT2D eigenvalue weighted by Gasteiger charge is 2.20. The Hall–Kier alpha value is -1.49. The maximum absolute atomic E-state index is 12.4. The van der Waals surface area contributed by atoms with E-state index in [9.17, 15) is 8.42 Å². The van der Waals surface area contributed by atoms with Gasteiger partial charge in [0.25, 0.3) is 0 Å². The summed E-state index contributed by atoms with van der Waals surface area (Å²) >= 11 is 3.19. The summed E-state index contributed by atoms with van der Waals surface area (Å²) in [5, 5.41) is 4.07. The second-order valence-corrected chi connectivity index (χ2v) is 7.00. The van der Waals surface area contributed by atoms with Gasteiger partial charge in [0, 0.05) is 35.5 Å². The molecule has 21 heavy (non-hydrogen) atoms. The first-order valence-electron chi connectivity index (χ1n) is 5.94. The van der Waals surface area contributed by atoms with Crippen LogP contribution in [-0.4, -0.2) is 23.2 Å². The number of hydrazine groups is 1. The summed E-state index contributed by atoms with van der Waals surface area (Å²) in [6.45, 7) is 2.00.